The highest BCUT2D eigenvalue weighted by atomic mass is 79.9. The van der Waals surface area contributed by atoms with Gasteiger partial charge < -0.3 is 0 Å². The Morgan fingerprint density at radius 1 is 0.676 bits per heavy atom. The van der Waals surface area contributed by atoms with Crippen LogP contribution >= 0.6 is 95.6 Å². The summed E-state index contributed by atoms with van der Waals surface area (Å²) in [6.45, 7) is 0. The first-order chi connectivity index (χ1) is 15.7. The van der Waals surface area contributed by atoms with Crippen molar-refractivity contribution in [2.45, 2.75) is 10.5 Å². The van der Waals surface area contributed by atoms with Gasteiger partial charge in [0.2, 0.25) is 20.0 Å². The summed E-state index contributed by atoms with van der Waals surface area (Å²) in [7, 11) is -10.0. The molecule has 0 aromatic heterocycles. The first kappa shape index (κ1) is 29.7. The number of nitrogens with zero attached hydrogens (tertiary/aromatic N) is 6. The molecule has 0 spiro atoms. The molecule has 2 aromatic rings. The number of halogens is 6. The van der Waals surface area contributed by atoms with E-state index in [2.05, 4.69) is 114 Å². The molecule has 2 aromatic carbocycles. The van der Waals surface area contributed by atoms with Gasteiger partial charge in [-0.1, -0.05) is 95.6 Å². The van der Waals surface area contributed by atoms with Crippen LogP contribution in [0, 0.1) is 0 Å². The van der Waals surface area contributed by atoms with Crippen LogP contribution in [0.3, 0.4) is 0 Å². The van der Waals surface area contributed by atoms with Crippen LogP contribution in [0.1, 0.15) is 21.6 Å². The number of hydrogen-bond donors (Lipinski definition) is 0. The van der Waals surface area contributed by atoms with Crippen molar-refractivity contribution in [3.05, 3.63) is 83.1 Å². The SMILES string of the molecule is [N-]=[N+]=NS(=O)(=O)C(C(=O)C(c1c(Br)cc(Br)cc1Br)S(=O)(=O)N=[N+]=[N-])c1c(Br)cc(Br)cc1Br. The summed E-state index contributed by atoms with van der Waals surface area (Å²) in [4.78, 5) is 18.4. The largest absolute Gasteiger partial charge is 0.296 e. The topological polar surface area (TPSA) is 183 Å². The lowest BCUT2D eigenvalue weighted by Crippen LogP contribution is -2.31. The predicted octanol–water partition coefficient (Wildman–Crippen LogP) is 7.89. The molecule has 0 aliphatic heterocycles. The normalized spacial score (nSPS) is 13.4. The van der Waals surface area contributed by atoms with Crippen molar-refractivity contribution in [2.24, 2.45) is 9.04 Å². The Hall–Kier alpha value is -0.490. The zero-order valence-corrected chi connectivity index (χ0v) is 26.9. The molecule has 0 aliphatic carbocycles. The van der Waals surface area contributed by atoms with Crippen LogP contribution < -0.4 is 0 Å². The van der Waals surface area contributed by atoms with Crippen LogP contribution in [0.2, 0.25) is 0 Å². The molecule has 2 atom stereocenters. The van der Waals surface area contributed by atoms with Crippen molar-refractivity contribution >= 4 is 121 Å². The molecule has 0 heterocycles. The molecule has 0 saturated heterocycles. The summed E-state index contributed by atoms with van der Waals surface area (Å²) < 4.78 is 58.8. The highest BCUT2D eigenvalue weighted by Crippen LogP contribution is 2.45. The molecule has 0 saturated carbocycles. The lowest BCUT2D eigenvalue weighted by molar-refractivity contribution is -0.118. The van der Waals surface area contributed by atoms with Gasteiger partial charge in [-0.05, 0) is 35.3 Å². The number of hydrogen-bond acceptors (Lipinski definition) is 5. The number of ketones is 1. The highest BCUT2D eigenvalue weighted by Gasteiger charge is 2.47. The summed E-state index contributed by atoms with van der Waals surface area (Å²) in [5.74, 6) is -1.45. The average Bonchev–Trinajstić information content (AvgIpc) is 2.66. The minimum Gasteiger partial charge on any atom is -0.296 e. The van der Waals surface area contributed by atoms with E-state index < -0.39 is 36.3 Å². The minimum absolute atomic E-state index is 0.0812. The molecule has 0 amide bonds. The van der Waals surface area contributed by atoms with Crippen molar-refractivity contribution in [1.82, 2.24) is 0 Å². The van der Waals surface area contributed by atoms with Crippen LogP contribution in [0.5, 0.6) is 0 Å². The van der Waals surface area contributed by atoms with Crippen molar-refractivity contribution < 1.29 is 21.6 Å². The molecule has 0 N–H and O–H groups in total. The predicted molar refractivity (Wildman–Crippen MR) is 146 cm³/mol. The van der Waals surface area contributed by atoms with Gasteiger partial charge in [0.15, 0.2) is 16.3 Å². The smallest absolute Gasteiger partial charge is 0.249 e. The standard InChI is InChI=1S/C15H6Br6N6O5S2/c16-5-1-7(18)11(8(19)2-5)14(33(29,30)26-24-22)13(28)15(34(31,32)27-25-23)12-9(20)3-6(17)4-10(12)21/h1-4,14-15H. The molecule has 2 rings (SSSR count). The van der Waals surface area contributed by atoms with Gasteiger partial charge in [0, 0.05) is 56.8 Å². The molecule has 0 bridgehead atoms. The fourth-order valence-corrected chi connectivity index (χ4v) is 11.3. The van der Waals surface area contributed by atoms with Gasteiger partial charge >= 0.3 is 0 Å². The van der Waals surface area contributed by atoms with Crippen molar-refractivity contribution in [3.8, 4) is 0 Å². The number of rotatable bonds is 8. The van der Waals surface area contributed by atoms with E-state index in [0.717, 1.165) is 0 Å². The Bertz CT molecular complexity index is 1350. The van der Waals surface area contributed by atoms with E-state index in [9.17, 15) is 21.6 Å². The van der Waals surface area contributed by atoms with Crippen LogP contribution in [-0.2, 0) is 24.8 Å². The lowest BCUT2D eigenvalue weighted by atomic mass is 10.0. The Morgan fingerprint density at radius 3 is 1.18 bits per heavy atom. The lowest BCUT2D eigenvalue weighted by Gasteiger charge is -2.24. The Kier molecular flexibility index (Phi) is 10.2. The molecule has 0 aliphatic rings. The number of sulfonamides is 2. The third kappa shape index (κ3) is 6.44. The number of benzene rings is 2. The second-order valence-electron chi connectivity index (χ2n) is 6.10. The fraction of sp³-hybridized carbons (Fsp3) is 0.133. The van der Waals surface area contributed by atoms with E-state index in [4.69, 9.17) is 11.1 Å². The molecular formula is C15H6Br6N6O5S2. The first-order valence-corrected chi connectivity index (χ1v) is 15.9. The van der Waals surface area contributed by atoms with Crippen molar-refractivity contribution in [1.29, 1.82) is 0 Å². The van der Waals surface area contributed by atoms with E-state index in [1.807, 2.05) is 0 Å². The van der Waals surface area contributed by atoms with Crippen LogP contribution in [0.4, 0.5) is 0 Å². The summed E-state index contributed by atoms with van der Waals surface area (Å²) in [6, 6.07) is 5.64. The Balaban J connectivity index is 3.04. The zero-order valence-electron chi connectivity index (χ0n) is 15.8. The Morgan fingerprint density at radius 2 is 0.941 bits per heavy atom. The monoisotopic (exact) mass is 887 g/mol. The zero-order chi connectivity index (χ0) is 26.0. The summed E-state index contributed by atoms with van der Waals surface area (Å²) in [5, 5.41) is -4.62. The maximum absolute atomic E-state index is 13.8. The van der Waals surface area contributed by atoms with Crippen LogP contribution in [0.25, 0.3) is 20.9 Å². The quantitative estimate of drug-likeness (QED) is 0.148. The van der Waals surface area contributed by atoms with Crippen molar-refractivity contribution in [3.63, 3.8) is 0 Å². The average molecular weight is 894 g/mol. The number of carbonyl (C=O) groups is 1. The van der Waals surface area contributed by atoms with Gasteiger partial charge in [0.05, 0.1) is 0 Å². The van der Waals surface area contributed by atoms with E-state index >= 15 is 0 Å². The second-order valence-corrected chi connectivity index (χ2v) is 14.7. The van der Waals surface area contributed by atoms with E-state index in [1.54, 1.807) is 0 Å². The third-order valence-corrected chi connectivity index (χ3v) is 10.3. The van der Waals surface area contributed by atoms with E-state index in [0.29, 0.717) is 8.95 Å². The van der Waals surface area contributed by atoms with Crippen LogP contribution in [-0.4, -0.2) is 22.6 Å². The second kappa shape index (κ2) is 11.7. The Labute approximate surface area is 243 Å². The van der Waals surface area contributed by atoms with Gasteiger partial charge in [-0.3, -0.25) is 4.79 Å². The molecule has 11 nitrogen and oxygen atoms in total. The fourth-order valence-electron chi connectivity index (χ4n) is 2.82. The highest BCUT2D eigenvalue weighted by molar-refractivity contribution is 9.12. The summed E-state index contributed by atoms with van der Waals surface area (Å²) in [5.41, 5.74) is 17.2. The van der Waals surface area contributed by atoms with Gasteiger partial charge in [-0.15, -0.1) is 0 Å². The molecular weight excluding hydrogens is 888 g/mol. The van der Waals surface area contributed by atoms with E-state index in [-0.39, 0.29) is 29.0 Å². The van der Waals surface area contributed by atoms with Gasteiger partial charge in [0.1, 0.15) is 0 Å². The summed E-state index contributed by atoms with van der Waals surface area (Å²) >= 11 is 19.1. The third-order valence-electron chi connectivity index (χ3n) is 4.03. The number of azide groups is 2. The number of carbonyl (C=O) groups excluding carboxylic acids is 1. The molecule has 180 valence electrons. The van der Waals surface area contributed by atoms with E-state index in [1.165, 1.54) is 24.3 Å². The van der Waals surface area contributed by atoms with Crippen LogP contribution in [0.15, 0.2) is 60.1 Å². The molecule has 34 heavy (non-hydrogen) atoms. The molecule has 0 radical (unpaired) electrons. The van der Waals surface area contributed by atoms with Crippen molar-refractivity contribution in [2.75, 3.05) is 0 Å². The van der Waals surface area contributed by atoms with Gasteiger partial charge in [-0.2, -0.15) is 0 Å². The molecule has 19 heteroatoms. The number of Topliss-reactive ketones (excluding diaryl/α,β-unsaturated/α-hetero) is 1. The maximum Gasteiger partial charge on any atom is 0.249 e. The van der Waals surface area contributed by atoms with Gasteiger partial charge in [-0.25, -0.2) is 16.8 Å². The minimum atomic E-state index is -5.00. The van der Waals surface area contributed by atoms with Gasteiger partial charge in [0.25, 0.3) is 0 Å². The molecule has 2 unspecified atom stereocenters. The molecule has 0 fully saturated rings. The maximum atomic E-state index is 13.8. The first-order valence-electron chi connectivity index (χ1n) is 8.11. The summed E-state index contributed by atoms with van der Waals surface area (Å²) in [6.07, 6.45) is 0.